The Morgan fingerprint density at radius 1 is 0.895 bits per heavy atom. The highest BCUT2D eigenvalue weighted by Gasteiger charge is 1.99. The standard InChI is InChI=1S/C10H9NO.C5H13NO/c11-9-5-1-4-8-7(9)3-2-6-10(8)12;6-4-2-1-3-5-7/h1-6,12H,11H2;7H,1-6H2. The molecular weight excluding hydrogens is 240 g/mol. The third kappa shape index (κ3) is 4.77. The van der Waals surface area contributed by atoms with Crippen LogP contribution in [0.5, 0.6) is 5.75 Å². The van der Waals surface area contributed by atoms with Crippen molar-refractivity contribution in [3.05, 3.63) is 36.4 Å². The lowest BCUT2D eigenvalue weighted by Crippen LogP contribution is -1.98. The first-order valence-corrected chi connectivity index (χ1v) is 6.47. The monoisotopic (exact) mass is 262 g/mol. The molecule has 4 heteroatoms. The van der Waals surface area contributed by atoms with E-state index in [9.17, 15) is 5.11 Å². The fraction of sp³-hybridized carbons (Fsp3) is 0.333. The van der Waals surface area contributed by atoms with Gasteiger partial charge in [0.1, 0.15) is 5.75 Å². The number of aromatic hydroxyl groups is 1. The van der Waals surface area contributed by atoms with Crippen LogP contribution in [0.15, 0.2) is 36.4 Å². The summed E-state index contributed by atoms with van der Waals surface area (Å²) in [6.07, 6.45) is 3.00. The molecule has 4 nitrogen and oxygen atoms in total. The Kier molecular flexibility index (Phi) is 6.71. The Labute approximate surface area is 113 Å². The van der Waals surface area contributed by atoms with Gasteiger partial charge in [-0.1, -0.05) is 24.3 Å². The van der Waals surface area contributed by atoms with Crippen LogP contribution in [-0.4, -0.2) is 23.4 Å². The van der Waals surface area contributed by atoms with Gasteiger partial charge in [0, 0.05) is 23.1 Å². The van der Waals surface area contributed by atoms with E-state index in [2.05, 4.69) is 0 Å². The lowest BCUT2D eigenvalue weighted by atomic mass is 10.1. The van der Waals surface area contributed by atoms with Gasteiger partial charge in [-0.3, -0.25) is 0 Å². The molecule has 0 saturated carbocycles. The first-order valence-electron chi connectivity index (χ1n) is 6.47. The van der Waals surface area contributed by atoms with Crippen LogP contribution in [0.25, 0.3) is 10.8 Å². The summed E-state index contributed by atoms with van der Waals surface area (Å²) in [6.45, 7) is 1.06. The minimum Gasteiger partial charge on any atom is -0.507 e. The maximum absolute atomic E-state index is 9.44. The summed E-state index contributed by atoms with van der Waals surface area (Å²) >= 11 is 0. The number of hydrogen-bond donors (Lipinski definition) is 4. The predicted molar refractivity (Wildman–Crippen MR) is 80.0 cm³/mol. The Bertz CT molecular complexity index is 455. The minimum atomic E-state index is 0.278. The number of aliphatic hydroxyl groups excluding tert-OH is 1. The van der Waals surface area contributed by atoms with Crippen LogP contribution >= 0.6 is 0 Å². The van der Waals surface area contributed by atoms with Crippen molar-refractivity contribution in [1.82, 2.24) is 0 Å². The number of fused-ring (bicyclic) bond motifs is 1. The van der Waals surface area contributed by atoms with Crippen LogP contribution in [0.1, 0.15) is 19.3 Å². The maximum atomic E-state index is 9.44. The van der Waals surface area contributed by atoms with E-state index in [1.54, 1.807) is 12.1 Å². The molecule has 2 aromatic rings. The Morgan fingerprint density at radius 2 is 1.58 bits per heavy atom. The zero-order valence-electron chi connectivity index (χ0n) is 11.0. The molecule has 0 fully saturated rings. The van der Waals surface area contributed by atoms with Crippen molar-refractivity contribution in [2.24, 2.45) is 5.73 Å². The molecule has 0 aliphatic heterocycles. The quantitative estimate of drug-likeness (QED) is 0.502. The van der Waals surface area contributed by atoms with E-state index in [4.69, 9.17) is 16.6 Å². The molecule has 0 bridgehead atoms. The van der Waals surface area contributed by atoms with Gasteiger partial charge < -0.3 is 21.7 Å². The average Bonchev–Trinajstić information content (AvgIpc) is 2.42. The molecule has 2 aromatic carbocycles. The Balaban J connectivity index is 0.000000224. The van der Waals surface area contributed by atoms with Gasteiger partial charge in [-0.05, 0) is 37.9 Å². The number of nitrogen functional groups attached to an aromatic ring is 1. The van der Waals surface area contributed by atoms with Gasteiger partial charge in [0.2, 0.25) is 0 Å². The van der Waals surface area contributed by atoms with Crippen molar-refractivity contribution in [2.45, 2.75) is 19.3 Å². The highest BCUT2D eigenvalue weighted by Crippen LogP contribution is 2.27. The summed E-state index contributed by atoms with van der Waals surface area (Å²) in [7, 11) is 0. The molecule has 0 heterocycles. The van der Waals surface area contributed by atoms with Crippen LogP contribution in [0, 0.1) is 0 Å². The van der Waals surface area contributed by atoms with E-state index in [0.29, 0.717) is 12.3 Å². The highest BCUT2D eigenvalue weighted by molar-refractivity contribution is 5.96. The highest BCUT2D eigenvalue weighted by atomic mass is 16.3. The molecule has 0 aliphatic rings. The molecule has 104 valence electrons. The van der Waals surface area contributed by atoms with Crippen LogP contribution in [0.4, 0.5) is 5.69 Å². The van der Waals surface area contributed by atoms with Crippen LogP contribution in [0.3, 0.4) is 0 Å². The number of nitrogens with two attached hydrogens (primary N) is 2. The normalized spacial score (nSPS) is 10.0. The van der Waals surface area contributed by atoms with Gasteiger partial charge in [-0.25, -0.2) is 0 Å². The van der Waals surface area contributed by atoms with E-state index >= 15 is 0 Å². The van der Waals surface area contributed by atoms with Gasteiger partial charge >= 0.3 is 0 Å². The van der Waals surface area contributed by atoms with E-state index < -0.39 is 0 Å². The van der Waals surface area contributed by atoms with Crippen molar-refractivity contribution in [2.75, 3.05) is 18.9 Å². The van der Waals surface area contributed by atoms with Gasteiger partial charge in [-0.15, -0.1) is 0 Å². The summed E-state index contributed by atoms with van der Waals surface area (Å²) in [5.74, 6) is 0.278. The third-order valence-corrected chi connectivity index (χ3v) is 2.80. The number of unbranched alkanes of at least 4 members (excludes halogenated alkanes) is 2. The van der Waals surface area contributed by atoms with Crippen LogP contribution < -0.4 is 11.5 Å². The molecule has 6 N–H and O–H groups in total. The lowest BCUT2D eigenvalue weighted by Gasteiger charge is -2.02. The van der Waals surface area contributed by atoms with Gasteiger partial charge in [0.05, 0.1) is 0 Å². The molecule has 0 amide bonds. The Hall–Kier alpha value is -1.78. The molecule has 19 heavy (non-hydrogen) atoms. The fourth-order valence-corrected chi connectivity index (χ4v) is 1.75. The maximum Gasteiger partial charge on any atom is 0.123 e. The molecule has 0 atom stereocenters. The number of phenols is 1. The van der Waals surface area contributed by atoms with Crippen molar-refractivity contribution in [3.63, 3.8) is 0 Å². The largest absolute Gasteiger partial charge is 0.507 e. The van der Waals surface area contributed by atoms with Gasteiger partial charge in [0.15, 0.2) is 0 Å². The van der Waals surface area contributed by atoms with Crippen LogP contribution in [0.2, 0.25) is 0 Å². The number of aliphatic hydroxyl groups is 1. The van der Waals surface area contributed by atoms with Crippen molar-refractivity contribution < 1.29 is 10.2 Å². The first kappa shape index (κ1) is 15.3. The second kappa shape index (κ2) is 8.34. The first-order chi connectivity index (χ1) is 9.20. The second-order valence-electron chi connectivity index (χ2n) is 4.29. The molecule has 0 radical (unpaired) electrons. The van der Waals surface area contributed by atoms with Crippen LogP contribution in [-0.2, 0) is 0 Å². The number of benzene rings is 2. The summed E-state index contributed by atoms with van der Waals surface area (Å²) < 4.78 is 0. The van der Waals surface area contributed by atoms with E-state index in [-0.39, 0.29) is 5.75 Å². The van der Waals surface area contributed by atoms with E-state index in [1.807, 2.05) is 24.3 Å². The molecule has 0 unspecified atom stereocenters. The summed E-state index contributed by atoms with van der Waals surface area (Å²) in [5.41, 5.74) is 11.6. The second-order valence-corrected chi connectivity index (χ2v) is 4.29. The number of hydrogen-bond acceptors (Lipinski definition) is 4. The number of rotatable bonds is 4. The summed E-state index contributed by atoms with van der Waals surface area (Å²) in [5, 5.41) is 19.4. The average molecular weight is 262 g/mol. The van der Waals surface area contributed by atoms with E-state index in [1.165, 1.54) is 0 Å². The van der Waals surface area contributed by atoms with Crippen molar-refractivity contribution in [3.8, 4) is 5.75 Å². The fourth-order valence-electron chi connectivity index (χ4n) is 1.75. The number of anilines is 1. The minimum absolute atomic E-state index is 0.278. The zero-order valence-corrected chi connectivity index (χ0v) is 11.0. The Morgan fingerprint density at radius 3 is 2.21 bits per heavy atom. The lowest BCUT2D eigenvalue weighted by molar-refractivity contribution is 0.283. The number of phenolic OH excluding ortho intramolecular Hbond substituents is 1. The topological polar surface area (TPSA) is 92.5 Å². The summed E-state index contributed by atoms with van der Waals surface area (Å²) in [6, 6.07) is 10.8. The van der Waals surface area contributed by atoms with Crippen molar-refractivity contribution in [1.29, 1.82) is 0 Å². The summed E-state index contributed by atoms with van der Waals surface area (Å²) in [4.78, 5) is 0. The SMILES string of the molecule is NCCCCCO.Nc1cccc2c(O)cccc12. The van der Waals surface area contributed by atoms with Gasteiger partial charge in [-0.2, -0.15) is 0 Å². The molecule has 0 aliphatic carbocycles. The smallest absolute Gasteiger partial charge is 0.123 e. The molecule has 0 aromatic heterocycles. The molecule has 2 rings (SSSR count). The third-order valence-electron chi connectivity index (χ3n) is 2.80. The predicted octanol–water partition coefficient (Wildman–Crippen LogP) is 2.24. The van der Waals surface area contributed by atoms with Crippen molar-refractivity contribution >= 4 is 16.5 Å². The van der Waals surface area contributed by atoms with E-state index in [0.717, 1.165) is 36.6 Å². The molecular formula is C15H22N2O2. The van der Waals surface area contributed by atoms with Gasteiger partial charge in [0.25, 0.3) is 0 Å². The molecule has 0 saturated heterocycles. The molecule has 0 spiro atoms. The zero-order chi connectivity index (χ0) is 14.1.